The summed E-state index contributed by atoms with van der Waals surface area (Å²) in [5.41, 5.74) is -2.41. The van der Waals surface area contributed by atoms with Crippen molar-refractivity contribution in [3.05, 3.63) is 22.7 Å². The first kappa shape index (κ1) is 16.6. The molecule has 1 aliphatic heterocycles. The van der Waals surface area contributed by atoms with Gasteiger partial charge in [-0.15, -0.1) is 0 Å². The van der Waals surface area contributed by atoms with Crippen LogP contribution in [0.1, 0.15) is 13.2 Å². The van der Waals surface area contributed by atoms with Gasteiger partial charge in [0.05, 0.1) is 12.9 Å². The van der Waals surface area contributed by atoms with Crippen LogP contribution in [0.4, 0.5) is 5.82 Å². The molecule has 1 aromatic rings. The number of ether oxygens (including phenoxy) is 1. The summed E-state index contributed by atoms with van der Waals surface area (Å²) < 4.78 is 6.43. The number of hydrogen-bond acceptors (Lipinski definition) is 7. The molecular weight excluding hydrogens is 292 g/mol. The third-order valence-corrected chi connectivity index (χ3v) is 3.42. The van der Waals surface area contributed by atoms with Crippen LogP contribution in [0.15, 0.2) is 22.1 Å². The molecule has 0 aromatic carbocycles. The number of aliphatic hydroxyl groups excluding tert-OH is 2. The van der Waals surface area contributed by atoms with E-state index in [4.69, 9.17) is 9.84 Å². The normalized spacial score (nSPS) is 31.8. The van der Waals surface area contributed by atoms with Gasteiger partial charge >= 0.3 is 5.69 Å². The number of aliphatic imine (C=N–C) groups is 1. The van der Waals surface area contributed by atoms with Crippen molar-refractivity contribution in [1.29, 1.82) is 0 Å². The zero-order valence-corrected chi connectivity index (χ0v) is 12.6. The van der Waals surface area contributed by atoms with Crippen molar-refractivity contribution < 1.29 is 20.1 Å². The van der Waals surface area contributed by atoms with E-state index in [-0.39, 0.29) is 5.82 Å². The Balaban J connectivity index is 2.32. The fraction of sp³-hybridized carbons (Fsp3) is 0.615. The minimum Gasteiger partial charge on any atom is -0.394 e. The van der Waals surface area contributed by atoms with Crippen molar-refractivity contribution in [2.24, 2.45) is 4.99 Å². The first-order valence-electron chi connectivity index (χ1n) is 6.74. The molecule has 3 N–H and O–H groups in total. The van der Waals surface area contributed by atoms with Crippen LogP contribution in [-0.2, 0) is 4.74 Å². The Labute approximate surface area is 127 Å². The highest BCUT2D eigenvalue weighted by Gasteiger charge is 2.53. The maximum Gasteiger partial charge on any atom is 0.351 e. The summed E-state index contributed by atoms with van der Waals surface area (Å²) in [4.78, 5) is 21.6. The van der Waals surface area contributed by atoms with E-state index in [1.165, 1.54) is 25.5 Å². The van der Waals surface area contributed by atoms with E-state index in [1.807, 2.05) is 0 Å². The maximum atomic E-state index is 12.1. The van der Waals surface area contributed by atoms with Gasteiger partial charge in [0.25, 0.3) is 0 Å². The van der Waals surface area contributed by atoms with Crippen molar-refractivity contribution in [1.82, 2.24) is 14.5 Å². The molecule has 4 atom stereocenters. The number of hydrogen-bond donors (Lipinski definition) is 3. The molecule has 9 nitrogen and oxygen atoms in total. The van der Waals surface area contributed by atoms with Gasteiger partial charge in [0.1, 0.15) is 17.8 Å². The third kappa shape index (κ3) is 3.02. The van der Waals surface area contributed by atoms with Gasteiger partial charge in [0, 0.05) is 20.3 Å². The Hall–Kier alpha value is -1.81. The number of rotatable bonds is 4. The smallest absolute Gasteiger partial charge is 0.351 e. The van der Waals surface area contributed by atoms with Crippen LogP contribution in [0, 0.1) is 0 Å². The van der Waals surface area contributed by atoms with E-state index in [9.17, 15) is 15.0 Å². The molecule has 0 amide bonds. The molecule has 0 saturated carbocycles. The van der Waals surface area contributed by atoms with Crippen LogP contribution in [0.2, 0.25) is 0 Å². The second kappa shape index (κ2) is 6.13. The van der Waals surface area contributed by atoms with Crippen LogP contribution in [-0.4, -0.2) is 74.6 Å². The van der Waals surface area contributed by atoms with E-state index >= 15 is 0 Å². The van der Waals surface area contributed by atoms with Crippen LogP contribution in [0.5, 0.6) is 0 Å². The molecule has 2 unspecified atom stereocenters. The summed E-state index contributed by atoms with van der Waals surface area (Å²) in [6.45, 7) is 0.865. The predicted octanol–water partition coefficient (Wildman–Crippen LogP) is -1.53. The second-order valence-electron chi connectivity index (χ2n) is 5.56. The average Bonchev–Trinajstić information content (AvgIpc) is 2.68. The minimum absolute atomic E-state index is 0.215. The van der Waals surface area contributed by atoms with Crippen LogP contribution >= 0.6 is 0 Å². The molecule has 22 heavy (non-hydrogen) atoms. The summed E-state index contributed by atoms with van der Waals surface area (Å²) >= 11 is 0. The number of aliphatic hydroxyl groups is 3. The average molecular weight is 312 g/mol. The van der Waals surface area contributed by atoms with Crippen molar-refractivity contribution in [3.63, 3.8) is 0 Å². The predicted molar refractivity (Wildman–Crippen MR) is 78.0 cm³/mol. The van der Waals surface area contributed by atoms with Crippen molar-refractivity contribution in [3.8, 4) is 0 Å². The third-order valence-electron chi connectivity index (χ3n) is 3.42. The molecule has 0 aliphatic carbocycles. The van der Waals surface area contributed by atoms with Crippen LogP contribution in [0.25, 0.3) is 0 Å². The molecule has 0 spiro atoms. The Morgan fingerprint density at radius 1 is 1.59 bits per heavy atom. The molecule has 9 heteroatoms. The van der Waals surface area contributed by atoms with Crippen LogP contribution < -0.4 is 5.69 Å². The lowest BCUT2D eigenvalue weighted by molar-refractivity contribution is -0.0986. The topological polar surface area (TPSA) is 120 Å². The first-order chi connectivity index (χ1) is 10.3. The van der Waals surface area contributed by atoms with E-state index < -0.39 is 36.3 Å². The van der Waals surface area contributed by atoms with E-state index in [0.717, 1.165) is 4.57 Å². The highest BCUT2D eigenvalue weighted by molar-refractivity contribution is 5.58. The van der Waals surface area contributed by atoms with Crippen molar-refractivity contribution >= 4 is 12.2 Å². The summed E-state index contributed by atoms with van der Waals surface area (Å²) in [6.07, 6.45) is -0.561. The lowest BCUT2D eigenvalue weighted by Crippen LogP contribution is -2.46. The summed E-state index contributed by atoms with van der Waals surface area (Å²) in [6, 6.07) is 1.49. The van der Waals surface area contributed by atoms with Gasteiger partial charge in [0.15, 0.2) is 12.0 Å². The summed E-state index contributed by atoms with van der Waals surface area (Å²) in [5, 5.41) is 29.4. The molecule has 0 radical (unpaired) electrons. The number of aromatic nitrogens is 2. The lowest BCUT2D eigenvalue weighted by Gasteiger charge is -2.27. The zero-order valence-electron chi connectivity index (χ0n) is 12.6. The molecule has 122 valence electrons. The van der Waals surface area contributed by atoms with Gasteiger partial charge in [0.2, 0.25) is 0 Å². The summed E-state index contributed by atoms with van der Waals surface area (Å²) in [7, 11) is 3.56. The fourth-order valence-corrected chi connectivity index (χ4v) is 2.22. The van der Waals surface area contributed by atoms with E-state index in [2.05, 4.69) is 9.98 Å². The molecule has 2 heterocycles. The lowest BCUT2D eigenvalue weighted by atomic mass is 9.96. The van der Waals surface area contributed by atoms with E-state index in [1.54, 1.807) is 19.0 Å². The van der Waals surface area contributed by atoms with Gasteiger partial charge < -0.3 is 25.0 Å². The second-order valence-corrected chi connectivity index (χ2v) is 5.56. The molecule has 1 saturated heterocycles. The van der Waals surface area contributed by atoms with Crippen molar-refractivity contribution in [2.75, 3.05) is 20.7 Å². The minimum atomic E-state index is -1.73. The van der Waals surface area contributed by atoms with Crippen molar-refractivity contribution in [2.45, 2.75) is 31.0 Å². The van der Waals surface area contributed by atoms with Gasteiger partial charge in [-0.3, -0.25) is 4.57 Å². The van der Waals surface area contributed by atoms with Gasteiger partial charge in [-0.1, -0.05) is 0 Å². The molecule has 1 aliphatic rings. The van der Waals surface area contributed by atoms with E-state index in [0.29, 0.717) is 0 Å². The highest BCUT2D eigenvalue weighted by atomic mass is 16.6. The van der Waals surface area contributed by atoms with Gasteiger partial charge in [-0.05, 0) is 13.0 Å². The molecule has 2 rings (SSSR count). The first-order valence-corrected chi connectivity index (χ1v) is 6.74. The highest BCUT2D eigenvalue weighted by Crippen LogP contribution is 2.37. The van der Waals surface area contributed by atoms with Gasteiger partial charge in [-0.25, -0.2) is 9.79 Å². The molecule has 0 bridgehead atoms. The Morgan fingerprint density at radius 2 is 2.27 bits per heavy atom. The standard InChI is InChI=1S/C13H20N4O5/c1-13(21)10(19)8(6-18)22-11(13)17-5-4-9(15-12(17)20)14-7-16(2)3/h4-5,7-8,10-11,18-19,21H,6H2,1-3H3/t8-,10?,11?,13+/m1/s1. The largest absolute Gasteiger partial charge is 0.394 e. The molecule has 1 fully saturated rings. The maximum absolute atomic E-state index is 12.1. The summed E-state index contributed by atoms with van der Waals surface area (Å²) in [5.74, 6) is 0.215. The number of nitrogens with zero attached hydrogens (tertiary/aromatic N) is 4. The zero-order chi connectivity index (χ0) is 16.5. The molecule has 1 aromatic heterocycles. The fourth-order valence-electron chi connectivity index (χ4n) is 2.22. The van der Waals surface area contributed by atoms with Crippen LogP contribution in [0.3, 0.4) is 0 Å². The monoisotopic (exact) mass is 312 g/mol. The Kier molecular flexibility index (Phi) is 4.61. The SMILES string of the molecule is CN(C)C=Nc1ccn(C2O[C@H](CO)C(O)[C@]2(C)O)c(=O)n1. The quantitative estimate of drug-likeness (QED) is 0.455. The Bertz CT molecular complexity index is 613. The molecular formula is C13H20N4O5. The Morgan fingerprint density at radius 3 is 2.77 bits per heavy atom. The van der Waals surface area contributed by atoms with Gasteiger partial charge in [-0.2, -0.15) is 4.98 Å².